The summed E-state index contributed by atoms with van der Waals surface area (Å²) >= 11 is 5.83. The number of hydrogen-bond donors (Lipinski definition) is 2. The Hall–Kier alpha value is -2.86. The fourth-order valence-corrected chi connectivity index (χ4v) is 2.45. The lowest BCUT2D eigenvalue weighted by molar-refractivity contribution is -0.124. The van der Waals surface area contributed by atoms with Gasteiger partial charge in [0, 0.05) is 17.1 Å². The SMILES string of the molecule is CC(C)CCNC(=O)COC(=O)c1ccccc1NC(=O)c1ccc(Cl)cc1. The van der Waals surface area contributed by atoms with Gasteiger partial charge in [-0.1, -0.05) is 37.6 Å². The Kier molecular flexibility index (Phi) is 8.02. The molecule has 0 saturated heterocycles. The van der Waals surface area contributed by atoms with Crippen LogP contribution in [0.2, 0.25) is 5.02 Å². The van der Waals surface area contributed by atoms with Crippen LogP contribution < -0.4 is 10.6 Å². The highest BCUT2D eigenvalue weighted by Crippen LogP contribution is 2.18. The number of amides is 2. The molecule has 0 radical (unpaired) electrons. The molecule has 2 aromatic rings. The summed E-state index contributed by atoms with van der Waals surface area (Å²) in [5, 5.41) is 5.90. The second-order valence-corrected chi connectivity index (χ2v) is 7.05. The highest BCUT2D eigenvalue weighted by molar-refractivity contribution is 6.30. The van der Waals surface area contributed by atoms with Crippen molar-refractivity contribution in [1.29, 1.82) is 0 Å². The minimum Gasteiger partial charge on any atom is -0.452 e. The second-order valence-electron chi connectivity index (χ2n) is 6.62. The Bertz CT molecular complexity index is 835. The van der Waals surface area contributed by atoms with Crippen LogP contribution >= 0.6 is 11.6 Å². The Labute approximate surface area is 169 Å². The molecule has 2 rings (SSSR count). The number of nitrogens with one attached hydrogen (secondary N) is 2. The highest BCUT2D eigenvalue weighted by Gasteiger charge is 2.16. The zero-order valence-corrected chi connectivity index (χ0v) is 16.6. The maximum absolute atomic E-state index is 12.4. The molecule has 0 aliphatic heterocycles. The molecule has 148 valence electrons. The Morgan fingerprint density at radius 3 is 2.39 bits per heavy atom. The van der Waals surface area contributed by atoms with E-state index in [4.69, 9.17) is 16.3 Å². The Morgan fingerprint density at radius 1 is 1.04 bits per heavy atom. The molecule has 2 amide bonds. The van der Waals surface area contributed by atoms with E-state index < -0.39 is 5.97 Å². The first-order valence-corrected chi connectivity index (χ1v) is 9.34. The first-order chi connectivity index (χ1) is 13.4. The van der Waals surface area contributed by atoms with Gasteiger partial charge in [-0.2, -0.15) is 0 Å². The van der Waals surface area contributed by atoms with Crippen LogP contribution in [0.3, 0.4) is 0 Å². The molecule has 6 nitrogen and oxygen atoms in total. The number of rotatable bonds is 8. The summed E-state index contributed by atoms with van der Waals surface area (Å²) in [5.74, 6) is -0.968. The van der Waals surface area contributed by atoms with Crippen LogP contribution in [0.4, 0.5) is 5.69 Å². The van der Waals surface area contributed by atoms with E-state index in [9.17, 15) is 14.4 Å². The predicted molar refractivity (Wildman–Crippen MR) is 109 cm³/mol. The maximum Gasteiger partial charge on any atom is 0.340 e. The van der Waals surface area contributed by atoms with Gasteiger partial charge in [0.15, 0.2) is 6.61 Å². The number of esters is 1. The van der Waals surface area contributed by atoms with Crippen molar-refractivity contribution in [3.8, 4) is 0 Å². The van der Waals surface area contributed by atoms with Crippen molar-refractivity contribution in [2.45, 2.75) is 20.3 Å². The molecule has 0 aromatic heterocycles. The number of hydrogen-bond acceptors (Lipinski definition) is 4. The van der Waals surface area contributed by atoms with E-state index >= 15 is 0 Å². The largest absolute Gasteiger partial charge is 0.452 e. The number of anilines is 1. The predicted octanol–water partition coefficient (Wildman–Crippen LogP) is 3.91. The van der Waals surface area contributed by atoms with Crippen LogP contribution in [0.5, 0.6) is 0 Å². The van der Waals surface area contributed by atoms with E-state index in [2.05, 4.69) is 24.5 Å². The van der Waals surface area contributed by atoms with E-state index in [1.165, 1.54) is 6.07 Å². The van der Waals surface area contributed by atoms with Crippen molar-refractivity contribution in [2.24, 2.45) is 5.92 Å². The summed E-state index contributed by atoms with van der Waals surface area (Å²) in [6.45, 7) is 4.26. The third-order valence-corrected chi connectivity index (χ3v) is 4.13. The molecule has 28 heavy (non-hydrogen) atoms. The summed E-state index contributed by atoms with van der Waals surface area (Å²) in [6.07, 6.45) is 0.846. The number of carbonyl (C=O) groups excluding carboxylic acids is 3. The first-order valence-electron chi connectivity index (χ1n) is 8.96. The number of ether oxygens (including phenoxy) is 1. The van der Waals surface area contributed by atoms with Crippen molar-refractivity contribution >= 4 is 35.1 Å². The van der Waals surface area contributed by atoms with Crippen LogP contribution in [0.15, 0.2) is 48.5 Å². The average Bonchev–Trinajstić information content (AvgIpc) is 2.66. The van der Waals surface area contributed by atoms with E-state index in [-0.39, 0.29) is 24.0 Å². The monoisotopic (exact) mass is 402 g/mol. The van der Waals surface area contributed by atoms with Gasteiger partial charge in [0.25, 0.3) is 11.8 Å². The lowest BCUT2D eigenvalue weighted by Crippen LogP contribution is -2.30. The fourth-order valence-electron chi connectivity index (χ4n) is 2.33. The van der Waals surface area contributed by atoms with Gasteiger partial charge in [-0.3, -0.25) is 9.59 Å². The number of benzene rings is 2. The summed E-state index contributed by atoms with van der Waals surface area (Å²) < 4.78 is 5.07. The smallest absolute Gasteiger partial charge is 0.340 e. The third kappa shape index (κ3) is 6.70. The van der Waals surface area contributed by atoms with Gasteiger partial charge in [-0.15, -0.1) is 0 Å². The summed E-state index contributed by atoms with van der Waals surface area (Å²) in [6, 6.07) is 12.8. The molecule has 0 aliphatic carbocycles. The quantitative estimate of drug-likeness (QED) is 0.655. The molecule has 0 atom stereocenters. The third-order valence-electron chi connectivity index (χ3n) is 3.88. The van der Waals surface area contributed by atoms with Crippen molar-refractivity contribution in [2.75, 3.05) is 18.5 Å². The normalized spacial score (nSPS) is 10.4. The first kappa shape index (κ1) is 21.4. The molecule has 0 aliphatic rings. The topological polar surface area (TPSA) is 84.5 Å². The van der Waals surface area contributed by atoms with Gasteiger partial charge >= 0.3 is 5.97 Å². The Balaban J connectivity index is 1.96. The summed E-state index contributed by atoms with van der Waals surface area (Å²) in [7, 11) is 0. The average molecular weight is 403 g/mol. The molecule has 2 aromatic carbocycles. The van der Waals surface area contributed by atoms with Gasteiger partial charge in [0.1, 0.15) is 0 Å². The molecule has 0 bridgehead atoms. The van der Waals surface area contributed by atoms with Crippen LogP contribution in [0, 0.1) is 5.92 Å². The molecule has 0 unspecified atom stereocenters. The van der Waals surface area contributed by atoms with E-state index in [1.54, 1.807) is 42.5 Å². The zero-order chi connectivity index (χ0) is 20.5. The van der Waals surface area contributed by atoms with Gasteiger partial charge in [0.2, 0.25) is 0 Å². The minimum absolute atomic E-state index is 0.166. The van der Waals surface area contributed by atoms with Crippen molar-refractivity contribution in [3.05, 3.63) is 64.7 Å². The van der Waals surface area contributed by atoms with Crippen LogP contribution in [-0.2, 0) is 9.53 Å². The molecular weight excluding hydrogens is 380 g/mol. The van der Waals surface area contributed by atoms with Gasteiger partial charge in [-0.25, -0.2) is 4.79 Å². The maximum atomic E-state index is 12.4. The van der Waals surface area contributed by atoms with Crippen molar-refractivity contribution in [1.82, 2.24) is 5.32 Å². The lowest BCUT2D eigenvalue weighted by atomic mass is 10.1. The van der Waals surface area contributed by atoms with Gasteiger partial charge < -0.3 is 15.4 Å². The molecule has 0 saturated carbocycles. The standard InChI is InChI=1S/C21H23ClN2O4/c1-14(2)11-12-23-19(25)13-28-21(27)17-5-3-4-6-18(17)24-20(26)15-7-9-16(22)10-8-15/h3-10,14H,11-13H2,1-2H3,(H,23,25)(H,24,26). The minimum atomic E-state index is -0.689. The fraction of sp³-hybridized carbons (Fsp3) is 0.286. The number of para-hydroxylation sites is 1. The highest BCUT2D eigenvalue weighted by atomic mass is 35.5. The summed E-state index contributed by atoms with van der Waals surface area (Å²) in [5.41, 5.74) is 0.865. The van der Waals surface area contributed by atoms with Crippen LogP contribution in [-0.4, -0.2) is 30.9 Å². The van der Waals surface area contributed by atoms with Crippen LogP contribution in [0.25, 0.3) is 0 Å². The summed E-state index contributed by atoms with van der Waals surface area (Å²) in [4.78, 5) is 36.5. The van der Waals surface area contributed by atoms with Gasteiger partial charge in [0.05, 0.1) is 11.3 Å². The molecule has 0 fully saturated rings. The molecule has 0 heterocycles. The lowest BCUT2D eigenvalue weighted by Gasteiger charge is -2.11. The molecule has 2 N–H and O–H groups in total. The number of halogens is 1. The van der Waals surface area contributed by atoms with E-state index in [0.29, 0.717) is 28.7 Å². The van der Waals surface area contributed by atoms with E-state index in [0.717, 1.165) is 6.42 Å². The number of carbonyl (C=O) groups is 3. The van der Waals surface area contributed by atoms with Crippen molar-refractivity contribution < 1.29 is 19.1 Å². The van der Waals surface area contributed by atoms with Crippen molar-refractivity contribution in [3.63, 3.8) is 0 Å². The van der Waals surface area contributed by atoms with Gasteiger partial charge in [-0.05, 0) is 48.7 Å². The molecule has 0 spiro atoms. The Morgan fingerprint density at radius 2 is 1.71 bits per heavy atom. The van der Waals surface area contributed by atoms with E-state index in [1.807, 2.05) is 0 Å². The zero-order valence-electron chi connectivity index (χ0n) is 15.8. The second kappa shape index (κ2) is 10.5. The molecule has 7 heteroatoms. The molecular formula is C21H23ClN2O4. The van der Waals surface area contributed by atoms with Crippen LogP contribution in [0.1, 0.15) is 41.0 Å².